The summed E-state index contributed by atoms with van der Waals surface area (Å²) in [6, 6.07) is 4.83. The van der Waals surface area contributed by atoms with Gasteiger partial charge in [0.25, 0.3) is 0 Å². The molecule has 1 N–H and O–H groups in total. The van der Waals surface area contributed by atoms with Crippen molar-refractivity contribution in [2.24, 2.45) is 0 Å². The maximum absolute atomic E-state index is 12.2. The van der Waals surface area contributed by atoms with Crippen LogP contribution in [0.25, 0.3) is 21.6 Å². The lowest BCUT2D eigenvalue weighted by Crippen LogP contribution is -2.03. The highest BCUT2D eigenvalue weighted by atomic mass is 35.5. The lowest BCUT2D eigenvalue weighted by atomic mass is 10.2. The Kier molecular flexibility index (Phi) is 3.42. The number of thiazole rings is 1. The standard InChI is InChI=1S/C15H9ClN2O2S/c1-3-8-7-21-15(17-8)10-6-11(19)9-4-5-12(20-2)13(16)14(9)18-10/h1,4-7H,2H3,(H,18,19). The van der Waals surface area contributed by atoms with E-state index in [0.717, 1.165) is 0 Å². The number of nitrogens with one attached hydrogen (secondary N) is 1. The number of hydrogen-bond donors (Lipinski definition) is 1. The number of H-pyrrole nitrogens is 1. The van der Waals surface area contributed by atoms with Crippen LogP contribution in [0.15, 0.2) is 28.4 Å². The number of hydrogen-bond acceptors (Lipinski definition) is 4. The van der Waals surface area contributed by atoms with E-state index in [9.17, 15) is 4.79 Å². The lowest BCUT2D eigenvalue weighted by Gasteiger charge is -2.07. The number of rotatable bonds is 2. The second kappa shape index (κ2) is 5.24. The highest BCUT2D eigenvalue weighted by Crippen LogP contribution is 2.31. The summed E-state index contributed by atoms with van der Waals surface area (Å²) in [7, 11) is 1.52. The second-order valence-electron chi connectivity index (χ2n) is 4.23. The fourth-order valence-electron chi connectivity index (χ4n) is 2.00. The number of benzene rings is 1. The number of fused-ring (bicyclic) bond motifs is 1. The molecule has 0 atom stereocenters. The Hall–Kier alpha value is -2.29. The zero-order chi connectivity index (χ0) is 15.0. The molecule has 2 aromatic heterocycles. The van der Waals surface area contributed by atoms with Gasteiger partial charge in [0.05, 0.1) is 18.3 Å². The summed E-state index contributed by atoms with van der Waals surface area (Å²) in [5.41, 5.74) is 1.50. The van der Waals surface area contributed by atoms with Crippen molar-refractivity contribution in [3.63, 3.8) is 0 Å². The van der Waals surface area contributed by atoms with Crippen LogP contribution in [0.2, 0.25) is 5.02 Å². The molecule has 0 unspecified atom stereocenters. The van der Waals surface area contributed by atoms with E-state index in [1.165, 1.54) is 24.5 Å². The minimum Gasteiger partial charge on any atom is -0.495 e. The van der Waals surface area contributed by atoms with Gasteiger partial charge < -0.3 is 9.72 Å². The van der Waals surface area contributed by atoms with Crippen molar-refractivity contribution >= 4 is 33.8 Å². The molecule has 0 saturated heterocycles. The fraction of sp³-hybridized carbons (Fsp3) is 0.0667. The molecular weight excluding hydrogens is 308 g/mol. The van der Waals surface area contributed by atoms with Crippen LogP contribution in [-0.4, -0.2) is 17.1 Å². The van der Waals surface area contributed by atoms with E-state index in [1.54, 1.807) is 17.5 Å². The van der Waals surface area contributed by atoms with Gasteiger partial charge in [0.2, 0.25) is 0 Å². The Morgan fingerprint density at radius 3 is 2.95 bits per heavy atom. The first-order valence-corrected chi connectivity index (χ1v) is 7.22. The Labute approximate surface area is 129 Å². The molecule has 0 saturated carbocycles. The molecule has 2 heterocycles. The third-order valence-electron chi connectivity index (χ3n) is 3.01. The number of aromatic nitrogens is 2. The minimum atomic E-state index is -0.138. The highest BCUT2D eigenvalue weighted by molar-refractivity contribution is 7.13. The number of nitrogens with zero attached hydrogens (tertiary/aromatic N) is 1. The molecule has 0 aliphatic heterocycles. The van der Waals surface area contributed by atoms with Crippen LogP contribution in [0.1, 0.15) is 5.69 Å². The third-order valence-corrected chi connectivity index (χ3v) is 4.26. The number of pyridine rings is 1. The van der Waals surface area contributed by atoms with Gasteiger partial charge in [-0.25, -0.2) is 4.98 Å². The van der Waals surface area contributed by atoms with E-state index in [2.05, 4.69) is 15.9 Å². The minimum absolute atomic E-state index is 0.138. The van der Waals surface area contributed by atoms with Gasteiger partial charge in [-0.3, -0.25) is 4.79 Å². The van der Waals surface area contributed by atoms with E-state index >= 15 is 0 Å². The molecule has 0 amide bonds. The number of aromatic amines is 1. The smallest absolute Gasteiger partial charge is 0.190 e. The largest absolute Gasteiger partial charge is 0.495 e. The topological polar surface area (TPSA) is 55.0 Å². The van der Waals surface area contributed by atoms with Crippen LogP contribution in [0.3, 0.4) is 0 Å². The molecule has 21 heavy (non-hydrogen) atoms. The van der Waals surface area contributed by atoms with Crippen molar-refractivity contribution in [2.75, 3.05) is 7.11 Å². The van der Waals surface area contributed by atoms with Crippen molar-refractivity contribution in [3.8, 4) is 28.8 Å². The van der Waals surface area contributed by atoms with Gasteiger partial charge in [0.15, 0.2) is 5.43 Å². The molecule has 3 rings (SSSR count). The van der Waals surface area contributed by atoms with E-state index < -0.39 is 0 Å². The Balaban J connectivity index is 2.29. The van der Waals surface area contributed by atoms with Crippen molar-refractivity contribution in [1.29, 1.82) is 0 Å². The maximum atomic E-state index is 12.2. The molecule has 104 valence electrons. The van der Waals surface area contributed by atoms with Gasteiger partial charge in [-0.2, -0.15) is 0 Å². The monoisotopic (exact) mass is 316 g/mol. The quantitative estimate of drug-likeness (QED) is 0.738. The number of terminal acetylenes is 1. The van der Waals surface area contributed by atoms with Gasteiger partial charge in [-0.05, 0) is 18.1 Å². The van der Waals surface area contributed by atoms with Gasteiger partial charge >= 0.3 is 0 Å². The molecule has 3 aromatic rings. The third kappa shape index (κ3) is 2.29. The average Bonchev–Trinajstić information content (AvgIpc) is 2.97. The summed E-state index contributed by atoms with van der Waals surface area (Å²) in [6.45, 7) is 0. The van der Waals surface area contributed by atoms with Gasteiger partial charge in [-0.1, -0.05) is 11.6 Å². The molecule has 6 heteroatoms. The van der Waals surface area contributed by atoms with Crippen molar-refractivity contribution < 1.29 is 4.74 Å². The Morgan fingerprint density at radius 2 is 2.29 bits per heavy atom. The van der Waals surface area contributed by atoms with Crippen LogP contribution >= 0.6 is 22.9 Å². The SMILES string of the molecule is C#Cc1csc(-c2cc(=O)c3ccc(OC)c(Cl)c3[nH]2)n1. The summed E-state index contributed by atoms with van der Waals surface area (Å²) in [4.78, 5) is 19.6. The molecule has 0 fully saturated rings. The predicted molar refractivity (Wildman–Crippen MR) is 85.2 cm³/mol. The van der Waals surface area contributed by atoms with Crippen molar-refractivity contribution in [3.05, 3.63) is 44.5 Å². The average molecular weight is 317 g/mol. The van der Waals surface area contributed by atoms with Crippen molar-refractivity contribution in [2.45, 2.75) is 0 Å². The normalized spacial score (nSPS) is 10.5. The number of methoxy groups -OCH3 is 1. The van der Waals surface area contributed by atoms with E-state index in [4.69, 9.17) is 22.8 Å². The van der Waals surface area contributed by atoms with Gasteiger partial charge in [0.1, 0.15) is 21.5 Å². The summed E-state index contributed by atoms with van der Waals surface area (Å²) in [5, 5.41) is 3.26. The summed E-state index contributed by atoms with van der Waals surface area (Å²) in [6.07, 6.45) is 5.31. The molecule has 0 radical (unpaired) electrons. The maximum Gasteiger partial charge on any atom is 0.190 e. The van der Waals surface area contributed by atoms with Gasteiger partial charge in [-0.15, -0.1) is 17.8 Å². The first kappa shape index (κ1) is 13.7. The van der Waals surface area contributed by atoms with E-state index in [0.29, 0.717) is 38.1 Å². The molecule has 4 nitrogen and oxygen atoms in total. The van der Waals surface area contributed by atoms with Crippen LogP contribution in [0.4, 0.5) is 0 Å². The fourth-order valence-corrected chi connectivity index (χ4v) is 3.02. The summed E-state index contributed by atoms with van der Waals surface area (Å²) >= 11 is 7.62. The number of ether oxygens (including phenoxy) is 1. The first-order valence-electron chi connectivity index (χ1n) is 5.96. The lowest BCUT2D eigenvalue weighted by molar-refractivity contribution is 0.415. The van der Waals surface area contributed by atoms with Crippen molar-refractivity contribution in [1.82, 2.24) is 9.97 Å². The van der Waals surface area contributed by atoms with E-state index in [-0.39, 0.29) is 5.43 Å². The zero-order valence-electron chi connectivity index (χ0n) is 10.9. The van der Waals surface area contributed by atoms with Crippen LogP contribution in [0.5, 0.6) is 5.75 Å². The first-order chi connectivity index (χ1) is 10.1. The Morgan fingerprint density at radius 1 is 1.48 bits per heavy atom. The highest BCUT2D eigenvalue weighted by Gasteiger charge is 2.12. The molecule has 0 spiro atoms. The predicted octanol–water partition coefficient (Wildman–Crippen LogP) is 3.29. The summed E-state index contributed by atoms with van der Waals surface area (Å²) in [5.74, 6) is 2.96. The summed E-state index contributed by atoms with van der Waals surface area (Å²) < 4.78 is 5.17. The Bertz CT molecular complexity index is 937. The zero-order valence-corrected chi connectivity index (χ0v) is 12.5. The number of halogens is 1. The molecule has 0 aliphatic rings. The second-order valence-corrected chi connectivity index (χ2v) is 5.47. The van der Waals surface area contributed by atoms with Crippen LogP contribution in [-0.2, 0) is 0 Å². The van der Waals surface area contributed by atoms with Crippen LogP contribution < -0.4 is 10.2 Å². The van der Waals surface area contributed by atoms with Crippen LogP contribution in [0, 0.1) is 12.3 Å². The van der Waals surface area contributed by atoms with Gasteiger partial charge in [0, 0.05) is 16.8 Å². The molecule has 0 aliphatic carbocycles. The molecule has 0 bridgehead atoms. The molecule has 1 aromatic carbocycles. The van der Waals surface area contributed by atoms with E-state index in [1.807, 2.05) is 0 Å². The molecular formula is C15H9ClN2O2S.